The van der Waals surface area contributed by atoms with Crippen LogP contribution in [0.1, 0.15) is 5.56 Å². The molecule has 1 unspecified atom stereocenters. The normalized spacial score (nSPS) is 15.3. The zero-order valence-corrected chi connectivity index (χ0v) is 18.6. The van der Waals surface area contributed by atoms with E-state index in [-0.39, 0.29) is 11.1 Å². The summed E-state index contributed by atoms with van der Waals surface area (Å²) in [4.78, 5) is 15.2. The number of nitrogens with zero attached hydrogens (tertiary/aromatic N) is 3. The molecule has 0 saturated carbocycles. The summed E-state index contributed by atoms with van der Waals surface area (Å²) in [6, 6.07) is 11.2. The summed E-state index contributed by atoms with van der Waals surface area (Å²) in [7, 11) is 1.55. The molecule has 3 aromatic rings. The highest BCUT2D eigenvalue weighted by Gasteiger charge is 2.32. The predicted octanol–water partition coefficient (Wildman–Crippen LogP) is 4.26. The predicted molar refractivity (Wildman–Crippen MR) is 124 cm³/mol. The lowest BCUT2D eigenvalue weighted by Gasteiger charge is -2.34. The zero-order chi connectivity index (χ0) is 24.6. The molecule has 176 valence electrons. The number of benzene rings is 1. The fraction of sp³-hybridized carbons (Fsp3) is 0.174. The van der Waals surface area contributed by atoms with Crippen LogP contribution in [-0.2, 0) is 4.74 Å². The Bertz CT molecular complexity index is 1390. The molecule has 11 heteroatoms. The molecule has 0 spiro atoms. The molecule has 0 amide bonds. The third-order valence-corrected chi connectivity index (χ3v) is 5.54. The Kier molecular flexibility index (Phi) is 6.20. The van der Waals surface area contributed by atoms with Crippen LogP contribution < -0.4 is 15.9 Å². The highest BCUT2D eigenvalue weighted by Crippen LogP contribution is 2.33. The van der Waals surface area contributed by atoms with Gasteiger partial charge >= 0.3 is 6.18 Å². The number of hydrogen-bond donors (Lipinski definition) is 2. The molecule has 0 bridgehead atoms. The number of hydrogen-bond acceptors (Lipinski definition) is 5. The maximum Gasteiger partial charge on any atom is 0.411 e. The average Bonchev–Trinajstić information content (AvgIpc) is 2.79. The van der Waals surface area contributed by atoms with Gasteiger partial charge in [0.05, 0.1) is 12.0 Å². The molecule has 2 aromatic heterocycles. The van der Waals surface area contributed by atoms with E-state index >= 15 is 0 Å². The van der Waals surface area contributed by atoms with Crippen molar-refractivity contribution in [2.24, 2.45) is 0 Å². The average molecular weight is 490 g/mol. The van der Waals surface area contributed by atoms with Crippen molar-refractivity contribution in [1.82, 2.24) is 9.13 Å². The molecular weight excluding hydrogens is 471 g/mol. The molecule has 1 aliphatic heterocycles. The van der Waals surface area contributed by atoms with Crippen LogP contribution in [0.3, 0.4) is 0 Å². The van der Waals surface area contributed by atoms with E-state index in [9.17, 15) is 18.0 Å². The summed E-state index contributed by atoms with van der Waals surface area (Å²) in [5, 5.41) is 15.8. The lowest BCUT2D eigenvalue weighted by atomic mass is 10.0. The van der Waals surface area contributed by atoms with Crippen LogP contribution in [0.25, 0.3) is 22.9 Å². The topological polar surface area (TPSA) is 87.1 Å². The van der Waals surface area contributed by atoms with Crippen molar-refractivity contribution in [3.05, 3.63) is 81.2 Å². The number of alkyl halides is 3. The van der Waals surface area contributed by atoms with E-state index in [4.69, 9.17) is 27.2 Å². The van der Waals surface area contributed by atoms with Gasteiger partial charge in [-0.05, 0) is 48.5 Å². The van der Waals surface area contributed by atoms with Gasteiger partial charge in [-0.1, -0.05) is 17.7 Å². The van der Waals surface area contributed by atoms with Gasteiger partial charge in [-0.15, -0.1) is 0 Å². The standard InChI is InChI=1S/C23H19ClF3N5O2/c1-30-20(34-12-23(25,26)27)9-3-14-10-18(15-2-8-19(29)31(11-15)13-28)22(33)32(21(14)30)17-6-4-16(24)5-7-17/h2-11,13,20,28-29H,12H2,1H3. The van der Waals surface area contributed by atoms with Crippen molar-refractivity contribution in [3.8, 4) is 16.8 Å². The first kappa shape index (κ1) is 23.5. The minimum Gasteiger partial charge on any atom is -0.345 e. The molecule has 0 radical (unpaired) electrons. The second-order valence-corrected chi connectivity index (χ2v) is 8.02. The Morgan fingerprint density at radius 2 is 1.88 bits per heavy atom. The number of rotatable bonds is 5. The number of pyridine rings is 2. The van der Waals surface area contributed by atoms with Crippen LogP contribution in [0.5, 0.6) is 0 Å². The molecular formula is C23H19ClF3N5O2. The molecule has 0 aliphatic carbocycles. The van der Waals surface area contributed by atoms with Crippen LogP contribution in [-0.4, -0.2) is 41.5 Å². The molecule has 4 rings (SSSR count). The Labute approximate surface area is 196 Å². The van der Waals surface area contributed by atoms with E-state index in [2.05, 4.69) is 0 Å². The highest BCUT2D eigenvalue weighted by molar-refractivity contribution is 6.30. The van der Waals surface area contributed by atoms with Gasteiger partial charge in [0, 0.05) is 35.0 Å². The monoisotopic (exact) mass is 489 g/mol. The van der Waals surface area contributed by atoms with Gasteiger partial charge in [0.15, 0.2) is 6.23 Å². The second-order valence-electron chi connectivity index (χ2n) is 7.58. The largest absolute Gasteiger partial charge is 0.411 e. The van der Waals surface area contributed by atoms with E-state index in [1.165, 1.54) is 32.4 Å². The lowest BCUT2D eigenvalue weighted by molar-refractivity contribution is -0.180. The van der Waals surface area contributed by atoms with Crippen molar-refractivity contribution in [2.45, 2.75) is 12.4 Å². The second kappa shape index (κ2) is 8.96. The van der Waals surface area contributed by atoms with Gasteiger partial charge in [0.25, 0.3) is 5.56 Å². The van der Waals surface area contributed by atoms with E-state index in [1.807, 2.05) is 0 Å². The summed E-state index contributed by atoms with van der Waals surface area (Å²) in [6.45, 7) is -1.44. The number of fused-ring (bicyclic) bond motifs is 1. The van der Waals surface area contributed by atoms with Crippen LogP contribution >= 0.6 is 11.6 Å². The highest BCUT2D eigenvalue weighted by atomic mass is 35.5. The molecule has 2 N–H and O–H groups in total. The Balaban J connectivity index is 1.93. The SMILES string of the molecule is CN1c2c(cc(-c3ccc(=N)n(C=N)c3)c(=O)n2-c2ccc(Cl)cc2)C=CC1OCC(F)(F)F. The summed E-state index contributed by atoms with van der Waals surface area (Å²) in [5.41, 5.74) is 1.43. The maximum atomic E-state index is 13.7. The van der Waals surface area contributed by atoms with Gasteiger partial charge < -0.3 is 9.64 Å². The summed E-state index contributed by atoms with van der Waals surface area (Å²) >= 11 is 6.02. The first-order valence-corrected chi connectivity index (χ1v) is 10.4. The molecule has 0 saturated heterocycles. The van der Waals surface area contributed by atoms with Crippen molar-refractivity contribution < 1.29 is 17.9 Å². The number of ether oxygens (including phenoxy) is 1. The van der Waals surface area contributed by atoms with Crippen molar-refractivity contribution in [3.63, 3.8) is 0 Å². The van der Waals surface area contributed by atoms with Crippen molar-refractivity contribution >= 4 is 29.8 Å². The molecule has 0 fully saturated rings. The first-order valence-electron chi connectivity index (χ1n) is 10.0. The molecule has 1 atom stereocenters. The van der Waals surface area contributed by atoms with Crippen molar-refractivity contribution in [2.75, 3.05) is 18.6 Å². The minimum atomic E-state index is -4.50. The third-order valence-electron chi connectivity index (χ3n) is 5.29. The van der Waals surface area contributed by atoms with Gasteiger partial charge in [0.2, 0.25) is 0 Å². The first-order chi connectivity index (χ1) is 16.1. The molecule has 34 heavy (non-hydrogen) atoms. The Hall–Kier alpha value is -3.63. The molecule has 1 aliphatic rings. The van der Waals surface area contributed by atoms with E-state index in [1.54, 1.807) is 49.5 Å². The number of likely N-dealkylation sites (N-methyl/N-ethyl adjacent to an activating group) is 1. The van der Waals surface area contributed by atoms with Crippen LogP contribution in [0.2, 0.25) is 5.02 Å². The smallest absolute Gasteiger partial charge is 0.345 e. The van der Waals surface area contributed by atoms with E-state index in [0.717, 1.165) is 6.34 Å². The van der Waals surface area contributed by atoms with Crippen LogP contribution in [0, 0.1) is 10.8 Å². The van der Waals surface area contributed by atoms with Crippen LogP contribution in [0.4, 0.5) is 19.0 Å². The number of halogens is 4. The van der Waals surface area contributed by atoms with Crippen LogP contribution in [0.15, 0.2) is 59.5 Å². The molecule has 3 heterocycles. The van der Waals surface area contributed by atoms with Crippen molar-refractivity contribution in [1.29, 1.82) is 10.8 Å². The zero-order valence-electron chi connectivity index (χ0n) is 17.8. The summed E-state index contributed by atoms with van der Waals surface area (Å²) in [5.74, 6) is 0.350. The molecule has 1 aromatic carbocycles. The minimum absolute atomic E-state index is 0.0685. The summed E-state index contributed by atoms with van der Waals surface area (Å²) in [6.07, 6.45) is 0.00626. The number of anilines is 1. The van der Waals surface area contributed by atoms with E-state index < -0.39 is 24.6 Å². The maximum absolute atomic E-state index is 13.7. The Morgan fingerprint density at radius 1 is 1.18 bits per heavy atom. The number of nitrogens with one attached hydrogen (secondary N) is 2. The van der Waals surface area contributed by atoms with Gasteiger partial charge in [0.1, 0.15) is 17.9 Å². The van der Waals surface area contributed by atoms with Gasteiger partial charge in [-0.2, -0.15) is 13.2 Å². The lowest BCUT2D eigenvalue weighted by Crippen LogP contribution is -2.41. The van der Waals surface area contributed by atoms with E-state index in [0.29, 0.717) is 27.7 Å². The third kappa shape index (κ3) is 4.55. The molecule has 7 nitrogen and oxygen atoms in total. The Morgan fingerprint density at radius 3 is 2.53 bits per heavy atom. The number of aromatic nitrogens is 2. The summed E-state index contributed by atoms with van der Waals surface area (Å²) < 4.78 is 45.9. The van der Waals surface area contributed by atoms with Gasteiger partial charge in [-0.3, -0.25) is 24.7 Å². The quantitative estimate of drug-likeness (QED) is 0.414. The fourth-order valence-corrected chi connectivity index (χ4v) is 3.84. The van der Waals surface area contributed by atoms with Gasteiger partial charge in [-0.25, -0.2) is 0 Å². The fourth-order valence-electron chi connectivity index (χ4n) is 3.71.